The van der Waals surface area contributed by atoms with Gasteiger partial charge in [-0.25, -0.2) is 0 Å². The average Bonchev–Trinajstić information content (AvgIpc) is 2.17. The van der Waals surface area contributed by atoms with Crippen LogP contribution in [-0.2, 0) is 9.59 Å². The van der Waals surface area contributed by atoms with Crippen LogP contribution in [0.1, 0.15) is 6.92 Å². The first kappa shape index (κ1) is 13.8. The Kier molecular flexibility index (Phi) is 8.56. The van der Waals surface area contributed by atoms with Crippen molar-refractivity contribution >= 4 is 23.6 Å². The molecule has 0 radical (unpaired) electrons. The van der Waals surface area contributed by atoms with E-state index in [9.17, 15) is 9.59 Å². The van der Waals surface area contributed by atoms with Gasteiger partial charge in [0.15, 0.2) is 0 Å². The molecular weight excluding hydrogens is 214 g/mol. The van der Waals surface area contributed by atoms with Gasteiger partial charge >= 0.3 is 5.97 Å². The van der Waals surface area contributed by atoms with Crippen LogP contribution in [-0.4, -0.2) is 35.0 Å². The fourth-order valence-electron chi connectivity index (χ4n) is 0.719. The van der Waals surface area contributed by atoms with E-state index < -0.39 is 5.97 Å². The van der Waals surface area contributed by atoms with Crippen LogP contribution in [0.25, 0.3) is 0 Å². The van der Waals surface area contributed by atoms with E-state index in [1.54, 1.807) is 12.2 Å². The molecule has 2 N–H and O–H groups in total. The molecule has 0 aliphatic heterocycles. The maximum absolute atomic E-state index is 11.1. The van der Waals surface area contributed by atoms with Crippen molar-refractivity contribution < 1.29 is 14.7 Å². The minimum atomic E-state index is -0.834. The number of allylic oxidation sites excluding steroid dienone is 3. The molecule has 5 heteroatoms. The van der Waals surface area contributed by atoms with Gasteiger partial charge in [0.25, 0.3) is 0 Å². The van der Waals surface area contributed by atoms with E-state index in [0.717, 1.165) is 0 Å². The van der Waals surface area contributed by atoms with Crippen molar-refractivity contribution in [2.24, 2.45) is 0 Å². The second-order valence-electron chi connectivity index (χ2n) is 2.62. The smallest absolute Gasteiger partial charge is 0.313 e. The molecule has 0 aromatic carbocycles. The highest BCUT2D eigenvalue weighted by atomic mass is 32.2. The third-order valence-electron chi connectivity index (χ3n) is 1.32. The van der Waals surface area contributed by atoms with E-state index in [-0.39, 0.29) is 11.7 Å². The monoisotopic (exact) mass is 229 g/mol. The first-order valence-electron chi connectivity index (χ1n) is 4.53. The number of hydrogen-bond acceptors (Lipinski definition) is 3. The van der Waals surface area contributed by atoms with E-state index in [4.69, 9.17) is 5.11 Å². The summed E-state index contributed by atoms with van der Waals surface area (Å²) in [5, 5.41) is 11.0. The normalized spacial score (nSPS) is 11.0. The number of carboxylic acids is 1. The van der Waals surface area contributed by atoms with Gasteiger partial charge in [0.2, 0.25) is 5.91 Å². The third kappa shape index (κ3) is 10.7. The van der Waals surface area contributed by atoms with Crippen molar-refractivity contribution in [1.29, 1.82) is 0 Å². The van der Waals surface area contributed by atoms with Crippen LogP contribution in [0.3, 0.4) is 0 Å². The summed E-state index contributed by atoms with van der Waals surface area (Å²) in [4.78, 5) is 21.2. The van der Waals surface area contributed by atoms with Crippen LogP contribution in [0.4, 0.5) is 0 Å². The van der Waals surface area contributed by atoms with Gasteiger partial charge in [0.05, 0.1) is 5.75 Å². The molecule has 1 amide bonds. The van der Waals surface area contributed by atoms with E-state index >= 15 is 0 Å². The van der Waals surface area contributed by atoms with Crippen molar-refractivity contribution in [2.45, 2.75) is 6.92 Å². The van der Waals surface area contributed by atoms with Crippen LogP contribution in [0.5, 0.6) is 0 Å². The number of aliphatic carboxylic acids is 1. The fraction of sp³-hybridized carbons (Fsp3) is 0.400. The van der Waals surface area contributed by atoms with E-state index in [1.807, 2.05) is 13.0 Å². The molecule has 0 atom stereocenters. The van der Waals surface area contributed by atoms with Crippen molar-refractivity contribution in [3.63, 3.8) is 0 Å². The van der Waals surface area contributed by atoms with Crippen molar-refractivity contribution in [2.75, 3.05) is 18.1 Å². The van der Waals surface area contributed by atoms with Crippen LogP contribution >= 0.6 is 11.8 Å². The molecule has 0 fully saturated rings. The first-order chi connectivity index (χ1) is 7.16. The molecule has 0 heterocycles. The van der Waals surface area contributed by atoms with E-state index in [0.29, 0.717) is 12.3 Å². The topological polar surface area (TPSA) is 66.4 Å². The van der Waals surface area contributed by atoms with Crippen LogP contribution < -0.4 is 5.32 Å². The minimum Gasteiger partial charge on any atom is -0.481 e. The minimum absolute atomic E-state index is 0.0737. The number of hydrogen-bond donors (Lipinski definition) is 2. The average molecular weight is 229 g/mol. The van der Waals surface area contributed by atoms with Crippen LogP contribution in [0.15, 0.2) is 24.3 Å². The molecule has 0 unspecified atom stereocenters. The Morgan fingerprint density at radius 2 is 2.13 bits per heavy atom. The number of carbonyl (C=O) groups is 2. The highest BCUT2D eigenvalue weighted by Gasteiger charge is 1.97. The molecule has 0 rings (SSSR count). The largest absolute Gasteiger partial charge is 0.481 e. The summed E-state index contributed by atoms with van der Waals surface area (Å²) >= 11 is 1.28. The number of amides is 1. The Balaban J connectivity index is 3.43. The predicted octanol–water partition coefficient (Wildman–Crippen LogP) is 1.05. The van der Waals surface area contributed by atoms with Crippen molar-refractivity contribution in [3.8, 4) is 0 Å². The molecule has 4 nitrogen and oxygen atoms in total. The Labute approximate surface area is 93.4 Å². The predicted molar refractivity (Wildman–Crippen MR) is 61.9 cm³/mol. The molecule has 0 aromatic rings. The summed E-state index contributed by atoms with van der Waals surface area (Å²) < 4.78 is 0. The van der Waals surface area contributed by atoms with Gasteiger partial charge in [0, 0.05) is 18.4 Å². The molecule has 84 valence electrons. The molecule has 0 saturated carbocycles. The van der Waals surface area contributed by atoms with Gasteiger partial charge in [-0.1, -0.05) is 18.2 Å². The van der Waals surface area contributed by atoms with Crippen LogP contribution in [0.2, 0.25) is 0 Å². The Bertz CT molecular complexity index is 261. The lowest BCUT2D eigenvalue weighted by molar-refractivity contribution is -0.133. The summed E-state index contributed by atoms with van der Waals surface area (Å²) in [5.41, 5.74) is 0. The molecule has 15 heavy (non-hydrogen) atoms. The number of thioether (sulfide) groups is 1. The highest BCUT2D eigenvalue weighted by molar-refractivity contribution is 7.99. The Morgan fingerprint density at radius 3 is 2.73 bits per heavy atom. The van der Waals surface area contributed by atoms with Gasteiger partial charge in [-0.15, -0.1) is 11.8 Å². The van der Waals surface area contributed by atoms with Crippen molar-refractivity contribution in [1.82, 2.24) is 5.32 Å². The SMILES string of the molecule is CC=CC=CC(=O)NCCSCC(=O)O. The third-order valence-corrected chi connectivity index (χ3v) is 2.27. The molecule has 0 aliphatic rings. The zero-order chi connectivity index (χ0) is 11.5. The summed E-state index contributed by atoms with van der Waals surface area (Å²) in [5.74, 6) is -0.317. The maximum Gasteiger partial charge on any atom is 0.313 e. The summed E-state index contributed by atoms with van der Waals surface area (Å²) in [6.45, 7) is 2.35. The maximum atomic E-state index is 11.1. The summed E-state index contributed by atoms with van der Waals surface area (Å²) in [6.07, 6.45) is 6.67. The summed E-state index contributed by atoms with van der Waals surface area (Å²) in [6, 6.07) is 0. The Morgan fingerprint density at radius 1 is 1.40 bits per heavy atom. The second-order valence-corrected chi connectivity index (χ2v) is 3.73. The molecular formula is C10H15NO3S. The second kappa shape index (κ2) is 9.33. The fourth-order valence-corrected chi connectivity index (χ4v) is 1.28. The highest BCUT2D eigenvalue weighted by Crippen LogP contribution is 1.96. The molecule has 0 spiro atoms. The number of carbonyl (C=O) groups excluding carboxylic acids is 1. The standard InChI is InChI=1S/C10H15NO3S/c1-2-3-4-5-9(12)11-6-7-15-8-10(13)14/h2-5H,6-8H2,1H3,(H,11,12)(H,13,14). The van der Waals surface area contributed by atoms with Gasteiger partial charge in [-0.05, 0) is 6.92 Å². The molecule has 0 bridgehead atoms. The van der Waals surface area contributed by atoms with Gasteiger partial charge in [0.1, 0.15) is 0 Å². The molecule has 0 saturated heterocycles. The van der Waals surface area contributed by atoms with E-state index in [2.05, 4.69) is 5.32 Å². The van der Waals surface area contributed by atoms with Gasteiger partial charge in [-0.3, -0.25) is 9.59 Å². The lowest BCUT2D eigenvalue weighted by Crippen LogP contribution is -2.23. The van der Waals surface area contributed by atoms with Gasteiger partial charge < -0.3 is 10.4 Å². The number of rotatable bonds is 7. The Hall–Kier alpha value is -1.23. The number of carboxylic acid groups (broad SMARTS) is 1. The zero-order valence-electron chi connectivity index (χ0n) is 8.60. The van der Waals surface area contributed by atoms with E-state index in [1.165, 1.54) is 17.8 Å². The van der Waals surface area contributed by atoms with Crippen LogP contribution in [0, 0.1) is 0 Å². The first-order valence-corrected chi connectivity index (χ1v) is 5.69. The molecule has 0 aromatic heterocycles. The quantitative estimate of drug-likeness (QED) is 0.389. The zero-order valence-corrected chi connectivity index (χ0v) is 9.42. The lowest BCUT2D eigenvalue weighted by Gasteiger charge is -2.00. The van der Waals surface area contributed by atoms with Crippen molar-refractivity contribution in [3.05, 3.63) is 24.3 Å². The van der Waals surface area contributed by atoms with Gasteiger partial charge in [-0.2, -0.15) is 0 Å². The summed E-state index contributed by atoms with van der Waals surface area (Å²) in [7, 11) is 0. The molecule has 0 aliphatic carbocycles. The number of nitrogens with one attached hydrogen (secondary N) is 1. The lowest BCUT2D eigenvalue weighted by atomic mass is 10.4.